The molecule has 2 rings (SSSR count). The monoisotopic (exact) mass is 243 g/mol. The van der Waals surface area contributed by atoms with E-state index in [-0.39, 0.29) is 0 Å². The molecule has 1 heterocycles. The van der Waals surface area contributed by atoms with Crippen molar-refractivity contribution in [3.63, 3.8) is 0 Å². The summed E-state index contributed by atoms with van der Waals surface area (Å²) < 4.78 is 10.5. The number of aromatic nitrogens is 2. The van der Waals surface area contributed by atoms with Crippen LogP contribution < -0.4 is 4.74 Å². The molecule has 0 saturated heterocycles. The minimum Gasteiger partial charge on any atom is -0.493 e. The first kappa shape index (κ1) is 12.1. The van der Waals surface area contributed by atoms with Crippen molar-refractivity contribution in [2.24, 2.45) is 0 Å². The second kappa shape index (κ2) is 6.40. The number of benzene rings is 1. The van der Waals surface area contributed by atoms with Crippen LogP contribution in [0.4, 0.5) is 0 Å². The number of aryl methyl sites for hydroxylation is 1. The van der Waals surface area contributed by atoms with E-state index in [1.807, 2.05) is 36.4 Å². The van der Waals surface area contributed by atoms with Gasteiger partial charge < -0.3 is 9.26 Å². The average molecular weight is 243 g/mol. The number of hydrogen-bond acceptors (Lipinski definition) is 5. The van der Waals surface area contributed by atoms with Gasteiger partial charge in [0.15, 0.2) is 5.82 Å². The molecule has 1 aromatic heterocycles. The molecular formula is C13H13N3O2. The number of nitrogens with zero attached hydrogens (tertiary/aromatic N) is 3. The lowest BCUT2D eigenvalue weighted by molar-refractivity contribution is 0.313. The molecule has 0 aliphatic carbocycles. The predicted octanol–water partition coefficient (Wildman–Crippen LogP) is 2.15. The quantitative estimate of drug-likeness (QED) is 0.777. The maximum absolute atomic E-state index is 8.44. The minimum atomic E-state index is 0.391. The standard InChI is InChI=1S/C13H13N3O2/c14-9-4-7-13-15-12(16-18-13)8-10-17-11-5-2-1-3-6-11/h1-3,5-6H,4,7-8,10H2. The molecule has 0 aliphatic rings. The van der Waals surface area contributed by atoms with Gasteiger partial charge in [-0.25, -0.2) is 0 Å². The van der Waals surface area contributed by atoms with Crippen molar-refractivity contribution in [1.29, 1.82) is 5.26 Å². The maximum Gasteiger partial charge on any atom is 0.227 e. The Balaban J connectivity index is 1.77. The first-order valence-electron chi connectivity index (χ1n) is 5.75. The van der Waals surface area contributed by atoms with E-state index in [9.17, 15) is 0 Å². The molecule has 92 valence electrons. The summed E-state index contributed by atoms with van der Waals surface area (Å²) in [5.74, 6) is 1.94. The summed E-state index contributed by atoms with van der Waals surface area (Å²) in [6.45, 7) is 0.501. The lowest BCUT2D eigenvalue weighted by Gasteiger charge is -2.02. The molecule has 5 heteroatoms. The zero-order valence-corrected chi connectivity index (χ0v) is 9.87. The predicted molar refractivity (Wildman–Crippen MR) is 63.9 cm³/mol. The van der Waals surface area contributed by atoms with E-state index in [0.29, 0.717) is 37.6 Å². The van der Waals surface area contributed by atoms with Crippen LogP contribution >= 0.6 is 0 Å². The second-order valence-corrected chi connectivity index (χ2v) is 3.67. The smallest absolute Gasteiger partial charge is 0.227 e. The third kappa shape index (κ3) is 3.59. The fourth-order valence-electron chi connectivity index (χ4n) is 1.43. The summed E-state index contributed by atoms with van der Waals surface area (Å²) in [5, 5.41) is 12.3. The van der Waals surface area contributed by atoms with Crippen molar-refractivity contribution in [1.82, 2.24) is 10.1 Å². The van der Waals surface area contributed by atoms with Gasteiger partial charge in [0.2, 0.25) is 5.89 Å². The first-order valence-corrected chi connectivity index (χ1v) is 5.75. The van der Waals surface area contributed by atoms with E-state index < -0.39 is 0 Å². The van der Waals surface area contributed by atoms with Crippen molar-refractivity contribution < 1.29 is 9.26 Å². The summed E-state index contributed by atoms with van der Waals surface area (Å²) in [6, 6.07) is 11.6. The zero-order valence-electron chi connectivity index (χ0n) is 9.87. The maximum atomic E-state index is 8.44. The van der Waals surface area contributed by atoms with Gasteiger partial charge in [-0.05, 0) is 12.1 Å². The average Bonchev–Trinajstić information content (AvgIpc) is 2.85. The van der Waals surface area contributed by atoms with Crippen molar-refractivity contribution in [3.05, 3.63) is 42.0 Å². The van der Waals surface area contributed by atoms with E-state index in [2.05, 4.69) is 10.1 Å². The molecule has 0 saturated carbocycles. The molecule has 5 nitrogen and oxygen atoms in total. The molecule has 0 bridgehead atoms. The number of ether oxygens (including phenoxy) is 1. The Labute approximate surface area is 105 Å². The Bertz CT molecular complexity index is 517. The largest absolute Gasteiger partial charge is 0.493 e. The molecule has 0 spiro atoms. The van der Waals surface area contributed by atoms with E-state index in [4.69, 9.17) is 14.5 Å². The number of para-hydroxylation sites is 1. The number of rotatable bonds is 6. The summed E-state index contributed by atoms with van der Waals surface area (Å²) in [7, 11) is 0. The highest BCUT2D eigenvalue weighted by atomic mass is 16.5. The number of nitriles is 1. The van der Waals surface area contributed by atoms with Crippen LogP contribution in [0.1, 0.15) is 18.1 Å². The van der Waals surface area contributed by atoms with Gasteiger partial charge in [-0.1, -0.05) is 23.4 Å². The van der Waals surface area contributed by atoms with Crippen molar-refractivity contribution in [2.45, 2.75) is 19.3 Å². The Morgan fingerprint density at radius 1 is 1.22 bits per heavy atom. The second-order valence-electron chi connectivity index (χ2n) is 3.67. The molecule has 0 N–H and O–H groups in total. The normalized spacial score (nSPS) is 9.94. The topological polar surface area (TPSA) is 71.9 Å². The Hall–Kier alpha value is -2.35. The molecule has 2 aromatic rings. The lowest BCUT2D eigenvalue weighted by Crippen LogP contribution is -2.02. The summed E-state index contributed by atoms with van der Waals surface area (Å²) in [5.41, 5.74) is 0. The van der Waals surface area contributed by atoms with E-state index >= 15 is 0 Å². The van der Waals surface area contributed by atoms with Crippen LogP contribution in [-0.2, 0) is 12.8 Å². The highest BCUT2D eigenvalue weighted by molar-refractivity contribution is 5.20. The fraction of sp³-hybridized carbons (Fsp3) is 0.308. The van der Waals surface area contributed by atoms with Crippen molar-refractivity contribution >= 4 is 0 Å². The molecule has 0 atom stereocenters. The molecule has 0 fully saturated rings. The number of hydrogen-bond donors (Lipinski definition) is 0. The van der Waals surface area contributed by atoms with Crippen LogP contribution in [0.2, 0.25) is 0 Å². The highest BCUT2D eigenvalue weighted by Gasteiger charge is 2.05. The van der Waals surface area contributed by atoms with Crippen LogP contribution in [0.25, 0.3) is 0 Å². The Morgan fingerprint density at radius 3 is 2.83 bits per heavy atom. The molecule has 0 unspecified atom stereocenters. The highest BCUT2D eigenvalue weighted by Crippen LogP contribution is 2.09. The molecule has 18 heavy (non-hydrogen) atoms. The SMILES string of the molecule is N#CCCc1nc(CCOc2ccccc2)no1. The van der Waals surface area contributed by atoms with Gasteiger partial charge in [0.05, 0.1) is 12.7 Å². The summed E-state index contributed by atoms with van der Waals surface area (Å²) in [4.78, 5) is 4.17. The zero-order chi connectivity index (χ0) is 12.6. The van der Waals surface area contributed by atoms with Gasteiger partial charge in [-0.3, -0.25) is 0 Å². The lowest BCUT2D eigenvalue weighted by atomic mass is 10.3. The molecular weight excluding hydrogens is 230 g/mol. The van der Waals surface area contributed by atoms with E-state index in [1.165, 1.54) is 0 Å². The van der Waals surface area contributed by atoms with Crippen LogP contribution in [-0.4, -0.2) is 16.7 Å². The molecule has 0 radical (unpaired) electrons. The Morgan fingerprint density at radius 2 is 2.06 bits per heavy atom. The first-order chi connectivity index (χ1) is 8.88. The van der Waals surface area contributed by atoms with Crippen molar-refractivity contribution in [2.75, 3.05) is 6.61 Å². The minimum absolute atomic E-state index is 0.391. The van der Waals surface area contributed by atoms with Gasteiger partial charge >= 0.3 is 0 Å². The molecule has 0 amide bonds. The van der Waals surface area contributed by atoms with Gasteiger partial charge in [0.25, 0.3) is 0 Å². The third-order valence-corrected chi connectivity index (χ3v) is 2.30. The van der Waals surface area contributed by atoms with Gasteiger partial charge in [0, 0.05) is 19.3 Å². The summed E-state index contributed by atoms with van der Waals surface area (Å²) >= 11 is 0. The summed E-state index contributed by atoms with van der Waals surface area (Å²) in [6.07, 6.45) is 1.48. The van der Waals surface area contributed by atoms with Crippen molar-refractivity contribution in [3.8, 4) is 11.8 Å². The fourth-order valence-corrected chi connectivity index (χ4v) is 1.43. The van der Waals surface area contributed by atoms with E-state index in [0.717, 1.165) is 5.75 Å². The molecule has 0 aliphatic heterocycles. The van der Waals surface area contributed by atoms with Crippen LogP contribution in [0.3, 0.4) is 0 Å². The van der Waals surface area contributed by atoms with Crippen LogP contribution in [0.15, 0.2) is 34.9 Å². The third-order valence-electron chi connectivity index (χ3n) is 2.30. The van der Waals surface area contributed by atoms with Gasteiger partial charge in [0.1, 0.15) is 5.75 Å². The molecule has 1 aromatic carbocycles. The van der Waals surface area contributed by atoms with Gasteiger partial charge in [-0.2, -0.15) is 10.2 Å². The van der Waals surface area contributed by atoms with E-state index in [1.54, 1.807) is 0 Å². The van der Waals surface area contributed by atoms with Crippen LogP contribution in [0.5, 0.6) is 5.75 Å². The Kier molecular flexibility index (Phi) is 4.31. The van der Waals surface area contributed by atoms with Crippen LogP contribution in [0, 0.1) is 11.3 Å². The van der Waals surface area contributed by atoms with Gasteiger partial charge in [-0.15, -0.1) is 0 Å².